The number of anilines is 1. The monoisotopic (exact) mass is 421 g/mol. The molecule has 138 valence electrons. The Morgan fingerprint density at radius 2 is 1.96 bits per heavy atom. The highest BCUT2D eigenvalue weighted by atomic mass is 35.5. The van der Waals surface area contributed by atoms with Gasteiger partial charge in [-0.3, -0.25) is 4.72 Å². The molecule has 0 fully saturated rings. The zero-order valence-electron chi connectivity index (χ0n) is 13.6. The second-order valence-electron chi connectivity index (χ2n) is 5.49. The molecule has 0 saturated heterocycles. The highest BCUT2D eigenvalue weighted by Gasteiger charge is 2.19. The number of hydrogen-bond donors (Lipinski definition) is 1. The van der Waals surface area contributed by atoms with Crippen molar-refractivity contribution in [3.05, 3.63) is 70.6 Å². The molecule has 1 N–H and O–H groups in total. The number of para-hydroxylation sites is 1. The molecular formula is C17H12ClN3O4S2. The molecule has 0 amide bonds. The molecule has 0 aliphatic rings. The van der Waals surface area contributed by atoms with Gasteiger partial charge in [0.1, 0.15) is 4.21 Å². The van der Waals surface area contributed by atoms with E-state index in [1.807, 2.05) is 0 Å². The maximum Gasteiger partial charge on any atom is 0.271 e. The van der Waals surface area contributed by atoms with Crippen LogP contribution in [0.4, 0.5) is 5.69 Å². The van der Waals surface area contributed by atoms with Gasteiger partial charge in [-0.25, -0.2) is 8.42 Å². The molecule has 1 aromatic carbocycles. The minimum Gasteiger partial charge on any atom is -0.461 e. The van der Waals surface area contributed by atoms with Crippen molar-refractivity contribution < 1.29 is 17.4 Å². The number of thiophene rings is 1. The Kier molecular flexibility index (Phi) is 4.73. The van der Waals surface area contributed by atoms with Gasteiger partial charge in [-0.2, -0.15) is 4.98 Å². The molecule has 0 aliphatic carbocycles. The Balaban J connectivity index is 1.58. The summed E-state index contributed by atoms with van der Waals surface area (Å²) in [6.45, 7) is 0. The number of halogens is 1. The summed E-state index contributed by atoms with van der Waals surface area (Å²) >= 11 is 6.83. The first-order valence-corrected chi connectivity index (χ1v) is 10.4. The van der Waals surface area contributed by atoms with E-state index in [1.54, 1.807) is 42.5 Å². The Labute approximate surface area is 163 Å². The lowest BCUT2D eigenvalue weighted by Crippen LogP contribution is -2.13. The van der Waals surface area contributed by atoms with Crippen molar-refractivity contribution in [3.63, 3.8) is 0 Å². The zero-order valence-corrected chi connectivity index (χ0v) is 16.0. The summed E-state index contributed by atoms with van der Waals surface area (Å²) in [5.41, 5.74) is 1.12. The smallest absolute Gasteiger partial charge is 0.271 e. The van der Waals surface area contributed by atoms with E-state index in [0.29, 0.717) is 33.1 Å². The molecule has 3 heterocycles. The number of rotatable bonds is 6. The number of furan rings is 1. The van der Waals surface area contributed by atoms with Crippen molar-refractivity contribution in [1.82, 2.24) is 10.1 Å². The molecule has 0 aliphatic heterocycles. The van der Waals surface area contributed by atoms with E-state index < -0.39 is 10.0 Å². The average molecular weight is 422 g/mol. The van der Waals surface area contributed by atoms with Crippen LogP contribution in [0.15, 0.2) is 67.9 Å². The molecule has 7 nitrogen and oxygen atoms in total. The number of nitrogens with one attached hydrogen (secondary N) is 1. The van der Waals surface area contributed by atoms with Gasteiger partial charge in [-0.1, -0.05) is 35.0 Å². The Morgan fingerprint density at radius 1 is 1.11 bits per heavy atom. The lowest BCUT2D eigenvalue weighted by atomic mass is 10.1. The highest BCUT2D eigenvalue weighted by Crippen LogP contribution is 2.29. The van der Waals surface area contributed by atoms with Gasteiger partial charge in [0.05, 0.1) is 22.7 Å². The molecule has 3 aromatic heterocycles. The van der Waals surface area contributed by atoms with Gasteiger partial charge in [0.15, 0.2) is 5.76 Å². The lowest BCUT2D eigenvalue weighted by Gasteiger charge is -2.10. The van der Waals surface area contributed by atoms with Crippen LogP contribution in [-0.4, -0.2) is 18.6 Å². The third-order valence-electron chi connectivity index (χ3n) is 3.63. The van der Waals surface area contributed by atoms with Crippen LogP contribution in [0.3, 0.4) is 0 Å². The van der Waals surface area contributed by atoms with Crippen molar-refractivity contribution in [1.29, 1.82) is 0 Å². The van der Waals surface area contributed by atoms with E-state index in [0.717, 1.165) is 11.3 Å². The predicted molar refractivity (Wildman–Crippen MR) is 101 cm³/mol. The van der Waals surface area contributed by atoms with E-state index in [2.05, 4.69) is 14.9 Å². The van der Waals surface area contributed by atoms with Gasteiger partial charge in [-0.15, -0.1) is 11.3 Å². The van der Waals surface area contributed by atoms with Crippen LogP contribution in [0.25, 0.3) is 11.6 Å². The molecule has 10 heteroatoms. The number of nitrogens with zero attached hydrogens (tertiary/aromatic N) is 2. The van der Waals surface area contributed by atoms with Gasteiger partial charge < -0.3 is 8.94 Å². The third-order valence-corrected chi connectivity index (χ3v) is 6.71. The summed E-state index contributed by atoms with van der Waals surface area (Å²) < 4.78 is 38.7. The van der Waals surface area contributed by atoms with Gasteiger partial charge in [0, 0.05) is 0 Å². The second-order valence-corrected chi connectivity index (χ2v) is 9.11. The number of hydrogen-bond acceptors (Lipinski definition) is 7. The number of aromatic nitrogens is 2. The van der Waals surface area contributed by atoms with Crippen LogP contribution < -0.4 is 4.72 Å². The van der Waals surface area contributed by atoms with Crippen molar-refractivity contribution in [2.45, 2.75) is 10.6 Å². The first-order valence-electron chi connectivity index (χ1n) is 7.74. The summed E-state index contributed by atoms with van der Waals surface area (Å²) in [6.07, 6.45) is 1.78. The maximum absolute atomic E-state index is 12.6. The minimum atomic E-state index is -3.74. The SMILES string of the molecule is O=S(=O)(Nc1ccccc1Cc1nc(-c2ccco2)no1)c1ccc(Cl)s1. The van der Waals surface area contributed by atoms with E-state index in [-0.39, 0.29) is 10.6 Å². The van der Waals surface area contributed by atoms with Crippen molar-refractivity contribution >= 4 is 38.6 Å². The Morgan fingerprint density at radius 3 is 2.70 bits per heavy atom. The van der Waals surface area contributed by atoms with Crippen LogP contribution in [0.5, 0.6) is 0 Å². The Hall–Kier alpha value is -2.62. The van der Waals surface area contributed by atoms with E-state index in [4.69, 9.17) is 20.5 Å². The molecule has 0 radical (unpaired) electrons. The average Bonchev–Trinajstić information content (AvgIpc) is 3.37. The van der Waals surface area contributed by atoms with E-state index >= 15 is 0 Å². The first-order chi connectivity index (χ1) is 13.0. The zero-order chi connectivity index (χ0) is 18.9. The number of sulfonamides is 1. The number of benzene rings is 1. The van der Waals surface area contributed by atoms with Crippen molar-refractivity contribution in [3.8, 4) is 11.6 Å². The fourth-order valence-electron chi connectivity index (χ4n) is 2.41. The summed E-state index contributed by atoms with van der Waals surface area (Å²) in [5.74, 6) is 1.17. The van der Waals surface area contributed by atoms with E-state index in [1.165, 1.54) is 12.3 Å². The third kappa shape index (κ3) is 3.90. The molecule has 0 unspecified atom stereocenters. The van der Waals surface area contributed by atoms with Gasteiger partial charge >= 0.3 is 0 Å². The standard InChI is InChI=1S/C17H12ClN3O4S2/c18-14-7-8-16(26-14)27(22,23)21-12-5-2-1-4-11(12)10-15-19-17(20-25-15)13-6-3-9-24-13/h1-9,21H,10H2. The van der Waals surface area contributed by atoms with Crippen LogP contribution >= 0.6 is 22.9 Å². The summed E-state index contributed by atoms with van der Waals surface area (Å²) in [5, 5.41) is 3.88. The molecule has 27 heavy (non-hydrogen) atoms. The van der Waals surface area contributed by atoms with Gasteiger partial charge in [-0.05, 0) is 35.9 Å². The quantitative estimate of drug-likeness (QED) is 0.494. The van der Waals surface area contributed by atoms with Crippen LogP contribution in [0.2, 0.25) is 4.34 Å². The molecule has 4 rings (SSSR count). The topological polar surface area (TPSA) is 98.2 Å². The lowest BCUT2D eigenvalue weighted by molar-refractivity contribution is 0.384. The highest BCUT2D eigenvalue weighted by molar-refractivity contribution is 7.94. The second kappa shape index (κ2) is 7.18. The van der Waals surface area contributed by atoms with Crippen LogP contribution in [0, 0.1) is 0 Å². The maximum atomic E-state index is 12.6. The fourth-order valence-corrected chi connectivity index (χ4v) is 4.99. The van der Waals surface area contributed by atoms with Crippen LogP contribution in [0.1, 0.15) is 11.5 Å². The molecule has 0 atom stereocenters. The summed E-state index contributed by atoms with van der Waals surface area (Å²) in [6, 6.07) is 13.5. The van der Waals surface area contributed by atoms with E-state index in [9.17, 15) is 8.42 Å². The fraction of sp³-hybridized carbons (Fsp3) is 0.0588. The minimum absolute atomic E-state index is 0.139. The summed E-state index contributed by atoms with van der Waals surface area (Å²) in [4.78, 5) is 4.28. The largest absolute Gasteiger partial charge is 0.461 e. The summed E-state index contributed by atoms with van der Waals surface area (Å²) in [7, 11) is -3.74. The van der Waals surface area contributed by atoms with Crippen molar-refractivity contribution in [2.24, 2.45) is 0 Å². The molecule has 4 aromatic rings. The normalized spacial score (nSPS) is 11.6. The Bertz CT molecular complexity index is 1170. The molecule has 0 spiro atoms. The predicted octanol–water partition coefficient (Wildman–Crippen LogP) is 4.44. The van der Waals surface area contributed by atoms with Gasteiger partial charge in [0.25, 0.3) is 10.0 Å². The van der Waals surface area contributed by atoms with Crippen molar-refractivity contribution in [2.75, 3.05) is 4.72 Å². The molecule has 0 bridgehead atoms. The molecular weight excluding hydrogens is 410 g/mol. The molecule has 0 saturated carbocycles. The van der Waals surface area contributed by atoms with Gasteiger partial charge in [0.2, 0.25) is 11.7 Å². The first kappa shape index (κ1) is 17.8. The van der Waals surface area contributed by atoms with Crippen LogP contribution in [-0.2, 0) is 16.4 Å².